The van der Waals surface area contributed by atoms with E-state index in [-0.39, 0.29) is 24.7 Å². The van der Waals surface area contributed by atoms with E-state index >= 15 is 0 Å². The fraction of sp³-hybridized carbons (Fsp3) is 0.438. The lowest BCUT2D eigenvalue weighted by Gasteiger charge is -2.25. The highest BCUT2D eigenvalue weighted by molar-refractivity contribution is 8.26. The van der Waals surface area contributed by atoms with Crippen molar-refractivity contribution >= 4 is 80.1 Å². The average molecular weight is 446 g/mol. The molecule has 0 unspecified atom stereocenters. The van der Waals surface area contributed by atoms with E-state index < -0.39 is 5.97 Å². The van der Waals surface area contributed by atoms with Crippen molar-refractivity contribution in [1.82, 2.24) is 9.88 Å². The number of carbonyl (C=O) groups is 3. The molecule has 1 amide bonds. The molecule has 0 radical (unpaired) electrons. The molecular formula is C16H16ClN3O4S3. The number of aromatic nitrogens is 1. The standard InChI is InChI=1S/C16H16ClN3O4S3/c17-13-10(26-15(18-13)19-6-3-9(21)4-7-19)8-11-14(24)20(16(25)27-11)5-1-2-12(22)23/h8H,1-7H2,(H,22,23). The van der Waals surface area contributed by atoms with E-state index in [0.29, 0.717) is 51.6 Å². The summed E-state index contributed by atoms with van der Waals surface area (Å²) < 4.78 is 0.409. The minimum atomic E-state index is -0.903. The van der Waals surface area contributed by atoms with Gasteiger partial charge in [-0.25, -0.2) is 4.98 Å². The lowest BCUT2D eigenvalue weighted by molar-refractivity contribution is -0.137. The summed E-state index contributed by atoms with van der Waals surface area (Å²) in [5.41, 5.74) is 0. The van der Waals surface area contributed by atoms with Gasteiger partial charge < -0.3 is 10.0 Å². The van der Waals surface area contributed by atoms with Gasteiger partial charge in [-0.05, 0) is 12.5 Å². The Balaban J connectivity index is 1.71. The molecule has 11 heteroatoms. The zero-order chi connectivity index (χ0) is 19.6. The zero-order valence-electron chi connectivity index (χ0n) is 14.1. The van der Waals surface area contributed by atoms with Gasteiger partial charge in [-0.15, -0.1) is 0 Å². The number of aliphatic carboxylic acids is 1. The van der Waals surface area contributed by atoms with Crippen LogP contribution in [0.1, 0.15) is 30.6 Å². The first kappa shape index (κ1) is 20.2. The fourth-order valence-electron chi connectivity index (χ4n) is 2.67. The van der Waals surface area contributed by atoms with Crippen molar-refractivity contribution in [2.45, 2.75) is 25.7 Å². The summed E-state index contributed by atoms with van der Waals surface area (Å²) in [7, 11) is 0. The summed E-state index contributed by atoms with van der Waals surface area (Å²) >= 11 is 14.0. The topological polar surface area (TPSA) is 90.8 Å². The van der Waals surface area contributed by atoms with Gasteiger partial charge in [0.2, 0.25) is 0 Å². The number of rotatable bonds is 6. The third-order valence-electron chi connectivity index (χ3n) is 4.10. The monoisotopic (exact) mass is 445 g/mol. The van der Waals surface area contributed by atoms with Gasteiger partial charge in [-0.3, -0.25) is 19.3 Å². The largest absolute Gasteiger partial charge is 0.481 e. The molecule has 0 atom stereocenters. The third kappa shape index (κ3) is 4.87. The maximum atomic E-state index is 12.5. The van der Waals surface area contributed by atoms with E-state index in [1.807, 2.05) is 4.90 Å². The molecule has 0 bridgehead atoms. The van der Waals surface area contributed by atoms with Crippen LogP contribution >= 0.6 is 46.9 Å². The number of thiocarbonyl (C=S) groups is 1. The summed E-state index contributed by atoms with van der Waals surface area (Å²) in [5.74, 6) is -0.898. The molecule has 0 aromatic carbocycles. The first-order valence-electron chi connectivity index (χ1n) is 8.25. The second kappa shape index (κ2) is 8.68. The molecule has 1 aromatic rings. The average Bonchev–Trinajstić information content (AvgIpc) is 3.10. The van der Waals surface area contributed by atoms with E-state index in [9.17, 15) is 14.4 Å². The van der Waals surface area contributed by atoms with Crippen molar-refractivity contribution in [3.05, 3.63) is 14.9 Å². The molecule has 2 aliphatic heterocycles. The predicted molar refractivity (Wildman–Crippen MR) is 110 cm³/mol. The Hall–Kier alpha value is -1.49. The second-order valence-corrected chi connectivity index (χ2v) is 9.05. The molecule has 2 aliphatic rings. The van der Waals surface area contributed by atoms with Crippen molar-refractivity contribution in [2.75, 3.05) is 24.5 Å². The lowest BCUT2D eigenvalue weighted by atomic mass is 10.1. The highest BCUT2D eigenvalue weighted by Crippen LogP contribution is 2.37. The molecule has 1 N–H and O–H groups in total. The SMILES string of the molecule is O=C(O)CCCN1C(=O)C(=Cc2sc(N3CCC(=O)CC3)nc2Cl)SC1=S. The number of amides is 1. The van der Waals surface area contributed by atoms with Crippen molar-refractivity contribution in [3.63, 3.8) is 0 Å². The van der Waals surface area contributed by atoms with Crippen LogP contribution in [0.15, 0.2) is 4.91 Å². The van der Waals surface area contributed by atoms with E-state index in [1.165, 1.54) is 28.0 Å². The van der Waals surface area contributed by atoms with Crippen molar-refractivity contribution < 1.29 is 19.5 Å². The summed E-state index contributed by atoms with van der Waals surface area (Å²) in [6.07, 6.45) is 3.00. The molecule has 1 aromatic heterocycles. The number of piperidine rings is 1. The Morgan fingerprint density at radius 2 is 2.04 bits per heavy atom. The van der Waals surface area contributed by atoms with E-state index in [0.717, 1.165) is 5.13 Å². The number of carboxylic acid groups (broad SMARTS) is 1. The number of carboxylic acids is 1. The van der Waals surface area contributed by atoms with Gasteiger partial charge in [0.05, 0.1) is 9.78 Å². The fourth-order valence-corrected chi connectivity index (χ4v) is 5.29. The number of Topliss-reactive ketones (excluding diaryl/α,β-unsaturated/α-hetero) is 1. The molecule has 0 spiro atoms. The molecule has 3 rings (SSSR count). The molecule has 0 saturated carbocycles. The van der Waals surface area contributed by atoms with Gasteiger partial charge in [0.1, 0.15) is 15.3 Å². The smallest absolute Gasteiger partial charge is 0.303 e. The molecule has 27 heavy (non-hydrogen) atoms. The maximum absolute atomic E-state index is 12.5. The number of hydrogen-bond acceptors (Lipinski definition) is 8. The summed E-state index contributed by atoms with van der Waals surface area (Å²) in [4.78, 5) is 43.5. The summed E-state index contributed by atoms with van der Waals surface area (Å²) in [5, 5.41) is 9.77. The van der Waals surface area contributed by atoms with Crippen molar-refractivity contribution in [1.29, 1.82) is 0 Å². The van der Waals surface area contributed by atoms with Gasteiger partial charge in [-0.2, -0.15) is 0 Å². The maximum Gasteiger partial charge on any atom is 0.303 e. The van der Waals surface area contributed by atoms with Crippen molar-refractivity contribution in [3.8, 4) is 0 Å². The number of thioether (sulfide) groups is 1. The van der Waals surface area contributed by atoms with Gasteiger partial charge >= 0.3 is 5.97 Å². The Morgan fingerprint density at radius 1 is 1.33 bits per heavy atom. The Labute approximate surface area is 174 Å². The quantitative estimate of drug-likeness (QED) is 0.527. The molecule has 2 saturated heterocycles. The zero-order valence-corrected chi connectivity index (χ0v) is 17.3. The van der Waals surface area contributed by atoms with Gasteiger partial charge in [0.15, 0.2) is 5.13 Å². The molecule has 7 nitrogen and oxygen atoms in total. The number of anilines is 1. The second-order valence-electron chi connectivity index (χ2n) is 6.01. The molecule has 2 fully saturated rings. The third-order valence-corrected chi connectivity index (χ3v) is 6.94. The van der Waals surface area contributed by atoms with Crippen LogP contribution < -0.4 is 4.90 Å². The molecule has 0 aliphatic carbocycles. The van der Waals surface area contributed by atoms with Crippen LogP contribution in [0.4, 0.5) is 5.13 Å². The Bertz CT molecular complexity index is 829. The van der Waals surface area contributed by atoms with Crippen molar-refractivity contribution in [2.24, 2.45) is 0 Å². The Morgan fingerprint density at radius 3 is 2.70 bits per heavy atom. The minimum absolute atomic E-state index is 0.0154. The van der Waals surface area contributed by atoms with Crippen LogP contribution in [-0.4, -0.2) is 56.6 Å². The van der Waals surface area contributed by atoms with E-state index in [2.05, 4.69) is 4.98 Å². The molecule has 144 valence electrons. The number of halogens is 1. The van der Waals surface area contributed by atoms with Crippen LogP contribution in [0.5, 0.6) is 0 Å². The summed E-state index contributed by atoms with van der Waals surface area (Å²) in [6, 6.07) is 0. The van der Waals surface area contributed by atoms with E-state index in [1.54, 1.807) is 6.08 Å². The number of ketones is 1. The normalized spacial score (nSPS) is 19.4. The van der Waals surface area contributed by atoms with E-state index in [4.69, 9.17) is 28.9 Å². The highest BCUT2D eigenvalue weighted by Gasteiger charge is 2.32. The van der Waals surface area contributed by atoms with Crippen LogP contribution in [-0.2, 0) is 14.4 Å². The minimum Gasteiger partial charge on any atom is -0.481 e. The summed E-state index contributed by atoms with van der Waals surface area (Å²) in [6.45, 7) is 1.51. The number of carbonyl (C=O) groups excluding carboxylic acids is 2. The van der Waals surface area contributed by atoms with Crippen LogP contribution in [0.25, 0.3) is 6.08 Å². The highest BCUT2D eigenvalue weighted by atomic mass is 35.5. The van der Waals surface area contributed by atoms with Gasteiger partial charge in [-0.1, -0.05) is 46.9 Å². The lowest BCUT2D eigenvalue weighted by Crippen LogP contribution is -2.33. The number of nitrogens with zero attached hydrogens (tertiary/aromatic N) is 3. The van der Waals surface area contributed by atoms with Crippen LogP contribution in [0, 0.1) is 0 Å². The molecule has 3 heterocycles. The van der Waals surface area contributed by atoms with Gasteiger partial charge in [0, 0.05) is 38.9 Å². The molecular weight excluding hydrogens is 430 g/mol. The first-order chi connectivity index (χ1) is 12.8. The number of hydrogen-bond donors (Lipinski definition) is 1. The number of thiazole rings is 1. The Kier molecular flexibility index (Phi) is 6.51. The van der Waals surface area contributed by atoms with Gasteiger partial charge in [0.25, 0.3) is 5.91 Å². The van der Waals surface area contributed by atoms with Crippen LogP contribution in [0.2, 0.25) is 5.15 Å². The van der Waals surface area contributed by atoms with Crippen LogP contribution in [0.3, 0.4) is 0 Å². The predicted octanol–water partition coefficient (Wildman–Crippen LogP) is 3.03. The first-order valence-corrected chi connectivity index (χ1v) is 10.7.